The van der Waals surface area contributed by atoms with Gasteiger partial charge < -0.3 is 10.5 Å². The highest BCUT2D eigenvalue weighted by Crippen LogP contribution is 2.42. The van der Waals surface area contributed by atoms with E-state index in [1.54, 1.807) is 30.3 Å². The maximum absolute atomic E-state index is 11.2. The second kappa shape index (κ2) is 7.46. The Kier molecular flexibility index (Phi) is 5.11. The monoisotopic (exact) mass is 372 g/mol. The van der Waals surface area contributed by atoms with Crippen LogP contribution in [0.25, 0.3) is 0 Å². The van der Waals surface area contributed by atoms with Crippen molar-refractivity contribution < 1.29 is 9.66 Å². The first-order chi connectivity index (χ1) is 12.0. The second-order valence-corrected chi connectivity index (χ2v) is 6.64. The normalized spacial score (nSPS) is 10.4. The number of hydrogen-bond acceptors (Lipinski definition) is 5. The Balaban J connectivity index is 2.02. The van der Waals surface area contributed by atoms with Gasteiger partial charge in [-0.2, -0.15) is 0 Å². The van der Waals surface area contributed by atoms with Crippen LogP contribution in [0.5, 0.6) is 11.5 Å². The van der Waals surface area contributed by atoms with Crippen LogP contribution in [0.3, 0.4) is 0 Å². The van der Waals surface area contributed by atoms with E-state index < -0.39 is 4.92 Å². The zero-order valence-electron chi connectivity index (χ0n) is 12.9. The molecule has 0 radical (unpaired) electrons. The highest BCUT2D eigenvalue weighted by atomic mass is 35.5. The van der Waals surface area contributed by atoms with Crippen LogP contribution in [0.4, 0.5) is 11.4 Å². The van der Waals surface area contributed by atoms with Crippen molar-refractivity contribution in [1.29, 1.82) is 0 Å². The van der Waals surface area contributed by atoms with Gasteiger partial charge >= 0.3 is 0 Å². The summed E-state index contributed by atoms with van der Waals surface area (Å²) in [5.41, 5.74) is 5.72. The molecule has 0 unspecified atom stereocenters. The molecule has 2 N–H and O–H groups in total. The predicted octanol–water partition coefficient (Wildman–Crippen LogP) is 5.77. The van der Waals surface area contributed by atoms with Gasteiger partial charge in [-0.25, -0.2) is 0 Å². The molecule has 0 spiro atoms. The lowest BCUT2D eigenvalue weighted by Crippen LogP contribution is -1.98. The van der Waals surface area contributed by atoms with E-state index in [0.717, 1.165) is 4.90 Å². The van der Waals surface area contributed by atoms with E-state index in [1.165, 1.54) is 17.8 Å². The molecule has 0 fully saturated rings. The van der Waals surface area contributed by atoms with Gasteiger partial charge in [-0.1, -0.05) is 47.6 Å². The molecule has 0 amide bonds. The Morgan fingerprint density at radius 1 is 1.04 bits per heavy atom. The fourth-order valence-electron chi connectivity index (χ4n) is 2.16. The third-order valence-corrected chi connectivity index (χ3v) is 4.55. The van der Waals surface area contributed by atoms with Crippen LogP contribution in [0.2, 0.25) is 5.02 Å². The van der Waals surface area contributed by atoms with E-state index in [2.05, 4.69) is 0 Å². The van der Waals surface area contributed by atoms with Crippen LogP contribution < -0.4 is 10.5 Å². The molecule has 0 saturated carbocycles. The first kappa shape index (κ1) is 17.1. The summed E-state index contributed by atoms with van der Waals surface area (Å²) in [6.07, 6.45) is 0. The third-order valence-electron chi connectivity index (χ3n) is 3.28. The molecular formula is C18H13ClN2O3S. The minimum atomic E-state index is -0.527. The standard InChI is InChI=1S/C18H13ClN2O3S/c19-12-5-4-8-14(9-12)25-18-10-15(20)16(21(22)23)11-17(18)24-13-6-2-1-3-7-13/h1-11H,20H2. The summed E-state index contributed by atoms with van der Waals surface area (Å²) in [4.78, 5) is 12.2. The molecule has 126 valence electrons. The van der Waals surface area contributed by atoms with Gasteiger partial charge in [0.15, 0.2) is 0 Å². The fraction of sp³-hybridized carbons (Fsp3) is 0. The topological polar surface area (TPSA) is 78.4 Å². The van der Waals surface area contributed by atoms with E-state index in [9.17, 15) is 10.1 Å². The van der Waals surface area contributed by atoms with Crippen LogP contribution in [-0.4, -0.2) is 4.92 Å². The molecule has 0 saturated heterocycles. The van der Waals surface area contributed by atoms with Crippen molar-refractivity contribution in [3.8, 4) is 11.5 Å². The summed E-state index contributed by atoms with van der Waals surface area (Å²) in [6.45, 7) is 0. The van der Waals surface area contributed by atoms with Gasteiger partial charge in [0.05, 0.1) is 15.9 Å². The molecule has 0 aliphatic carbocycles. The Morgan fingerprint density at radius 2 is 1.80 bits per heavy atom. The zero-order valence-corrected chi connectivity index (χ0v) is 14.5. The van der Waals surface area contributed by atoms with E-state index in [0.29, 0.717) is 21.4 Å². The lowest BCUT2D eigenvalue weighted by molar-refractivity contribution is -0.384. The molecule has 3 rings (SSSR count). The van der Waals surface area contributed by atoms with Gasteiger partial charge in [-0.05, 0) is 36.4 Å². The Labute approximate surface area is 153 Å². The van der Waals surface area contributed by atoms with E-state index in [-0.39, 0.29) is 11.4 Å². The number of halogens is 1. The number of nitrogens with two attached hydrogens (primary N) is 1. The molecule has 0 aliphatic rings. The summed E-state index contributed by atoms with van der Waals surface area (Å²) in [5, 5.41) is 11.8. The van der Waals surface area contributed by atoms with Crippen LogP contribution >= 0.6 is 23.4 Å². The van der Waals surface area contributed by atoms with Gasteiger partial charge in [-0.3, -0.25) is 10.1 Å². The van der Waals surface area contributed by atoms with Crippen molar-refractivity contribution in [2.45, 2.75) is 9.79 Å². The number of nitro groups is 1. The Morgan fingerprint density at radius 3 is 2.48 bits per heavy atom. The van der Waals surface area contributed by atoms with Crippen LogP contribution in [0.15, 0.2) is 76.5 Å². The minimum Gasteiger partial charge on any atom is -0.456 e. The first-order valence-electron chi connectivity index (χ1n) is 7.27. The quantitative estimate of drug-likeness (QED) is 0.349. The maximum Gasteiger partial charge on any atom is 0.295 e. The fourth-order valence-corrected chi connectivity index (χ4v) is 3.38. The van der Waals surface area contributed by atoms with E-state index in [1.807, 2.05) is 30.3 Å². The lowest BCUT2D eigenvalue weighted by Gasteiger charge is -2.12. The molecule has 5 nitrogen and oxygen atoms in total. The molecule has 7 heteroatoms. The van der Waals surface area contributed by atoms with Crippen molar-refractivity contribution in [2.24, 2.45) is 0 Å². The summed E-state index contributed by atoms with van der Waals surface area (Å²) < 4.78 is 5.84. The average molecular weight is 373 g/mol. The molecule has 0 atom stereocenters. The Bertz CT molecular complexity index is 919. The highest BCUT2D eigenvalue weighted by molar-refractivity contribution is 7.99. The summed E-state index contributed by atoms with van der Waals surface area (Å²) >= 11 is 7.39. The molecule has 0 aromatic heterocycles. The van der Waals surface area contributed by atoms with Gasteiger partial charge in [0.25, 0.3) is 5.69 Å². The molecule has 0 aliphatic heterocycles. The molecule has 25 heavy (non-hydrogen) atoms. The maximum atomic E-state index is 11.2. The first-order valence-corrected chi connectivity index (χ1v) is 8.46. The number of para-hydroxylation sites is 1. The van der Waals surface area contributed by atoms with Crippen molar-refractivity contribution in [3.63, 3.8) is 0 Å². The predicted molar refractivity (Wildman–Crippen MR) is 99.6 cm³/mol. The van der Waals surface area contributed by atoms with Gasteiger partial charge in [0.2, 0.25) is 0 Å². The summed E-state index contributed by atoms with van der Waals surface area (Å²) in [6, 6.07) is 19.2. The molecule has 0 heterocycles. The number of nitrogen functional groups attached to an aromatic ring is 1. The largest absolute Gasteiger partial charge is 0.456 e. The average Bonchev–Trinajstić information content (AvgIpc) is 2.58. The number of nitro benzene ring substituents is 1. The van der Waals surface area contributed by atoms with Crippen LogP contribution in [0, 0.1) is 10.1 Å². The zero-order chi connectivity index (χ0) is 17.8. The number of ether oxygens (including phenoxy) is 1. The molecule has 3 aromatic carbocycles. The SMILES string of the molecule is Nc1cc(Sc2cccc(Cl)c2)c(Oc2ccccc2)cc1[N+](=O)[O-]. The number of nitrogens with zero attached hydrogens (tertiary/aromatic N) is 1. The lowest BCUT2D eigenvalue weighted by atomic mass is 10.2. The highest BCUT2D eigenvalue weighted by Gasteiger charge is 2.18. The van der Waals surface area contributed by atoms with Crippen molar-refractivity contribution in [1.82, 2.24) is 0 Å². The smallest absolute Gasteiger partial charge is 0.295 e. The third kappa shape index (κ3) is 4.23. The van der Waals surface area contributed by atoms with Crippen molar-refractivity contribution in [2.75, 3.05) is 5.73 Å². The number of anilines is 1. The van der Waals surface area contributed by atoms with Crippen LogP contribution in [0.1, 0.15) is 0 Å². The summed E-state index contributed by atoms with van der Waals surface area (Å²) in [5.74, 6) is 0.937. The van der Waals surface area contributed by atoms with Gasteiger partial charge in [0.1, 0.15) is 17.2 Å². The number of hydrogen-bond donors (Lipinski definition) is 1. The van der Waals surface area contributed by atoms with E-state index >= 15 is 0 Å². The van der Waals surface area contributed by atoms with Gasteiger partial charge in [0, 0.05) is 9.92 Å². The summed E-state index contributed by atoms with van der Waals surface area (Å²) in [7, 11) is 0. The van der Waals surface area contributed by atoms with Crippen LogP contribution in [-0.2, 0) is 0 Å². The second-order valence-electron chi connectivity index (χ2n) is 5.09. The molecule has 3 aromatic rings. The van der Waals surface area contributed by atoms with E-state index in [4.69, 9.17) is 22.1 Å². The van der Waals surface area contributed by atoms with Crippen molar-refractivity contribution in [3.05, 3.63) is 81.9 Å². The number of rotatable bonds is 5. The van der Waals surface area contributed by atoms with Gasteiger partial charge in [-0.15, -0.1) is 0 Å². The minimum absolute atomic E-state index is 0.0786. The van der Waals surface area contributed by atoms with Crippen molar-refractivity contribution >= 4 is 34.7 Å². The molecule has 0 bridgehead atoms. The molecular weight excluding hydrogens is 360 g/mol. The number of benzene rings is 3. The Hall–Kier alpha value is -2.70.